The van der Waals surface area contributed by atoms with Gasteiger partial charge < -0.3 is 15.0 Å². The summed E-state index contributed by atoms with van der Waals surface area (Å²) >= 11 is 0. The van der Waals surface area contributed by atoms with E-state index >= 15 is 0 Å². The van der Waals surface area contributed by atoms with Crippen molar-refractivity contribution in [1.29, 1.82) is 0 Å². The molecule has 0 aliphatic rings. The van der Waals surface area contributed by atoms with Crippen molar-refractivity contribution < 1.29 is 13.2 Å². The van der Waals surface area contributed by atoms with Crippen molar-refractivity contribution in [1.82, 2.24) is 14.9 Å². The first-order valence-corrected chi connectivity index (χ1v) is 8.41. The maximum atomic E-state index is 11.7. The van der Waals surface area contributed by atoms with Gasteiger partial charge in [0.15, 0.2) is 0 Å². The highest BCUT2D eigenvalue weighted by atomic mass is 32.2. The summed E-state index contributed by atoms with van der Waals surface area (Å²) in [5.74, 6) is 0.175. The standard InChI is InChI=1S/C12H29N3O3S/c1-12(2)13-6-5-11-19(16,17)14-7-8-15(3)9-10-18-4/h12-14H,5-11H2,1-4H3. The summed E-state index contributed by atoms with van der Waals surface area (Å²) in [6, 6.07) is 0.394. The summed E-state index contributed by atoms with van der Waals surface area (Å²) < 4.78 is 31.0. The SMILES string of the molecule is COCCN(C)CCNS(=O)(=O)CCCNC(C)C. The number of nitrogens with one attached hydrogen (secondary N) is 2. The van der Waals surface area contributed by atoms with E-state index in [1.54, 1.807) is 7.11 Å². The normalized spacial score (nSPS) is 12.5. The van der Waals surface area contributed by atoms with E-state index in [1.807, 2.05) is 25.8 Å². The maximum absolute atomic E-state index is 11.7. The molecule has 0 radical (unpaired) electrons. The van der Waals surface area contributed by atoms with Gasteiger partial charge in [0.05, 0.1) is 12.4 Å². The third-order valence-corrected chi connectivity index (χ3v) is 4.11. The van der Waals surface area contributed by atoms with E-state index in [2.05, 4.69) is 10.0 Å². The van der Waals surface area contributed by atoms with Crippen LogP contribution in [0.1, 0.15) is 20.3 Å². The van der Waals surface area contributed by atoms with E-state index < -0.39 is 10.0 Å². The van der Waals surface area contributed by atoms with Crippen molar-refractivity contribution in [3.8, 4) is 0 Å². The number of ether oxygens (including phenoxy) is 1. The zero-order chi connectivity index (χ0) is 14.7. The molecule has 0 fully saturated rings. The minimum Gasteiger partial charge on any atom is -0.383 e. The van der Waals surface area contributed by atoms with Gasteiger partial charge in [0, 0.05) is 32.8 Å². The Bertz CT molecular complexity index is 307. The van der Waals surface area contributed by atoms with Gasteiger partial charge in [0.2, 0.25) is 10.0 Å². The maximum Gasteiger partial charge on any atom is 0.211 e. The molecule has 6 nitrogen and oxygen atoms in total. The molecule has 0 amide bonds. The Labute approximate surface area is 117 Å². The molecule has 0 saturated carbocycles. The van der Waals surface area contributed by atoms with Crippen molar-refractivity contribution in [2.24, 2.45) is 0 Å². The van der Waals surface area contributed by atoms with Gasteiger partial charge >= 0.3 is 0 Å². The predicted octanol–water partition coefficient (Wildman–Crippen LogP) is -0.128. The van der Waals surface area contributed by atoms with Gasteiger partial charge in [0.1, 0.15) is 0 Å². The molecule has 7 heteroatoms. The van der Waals surface area contributed by atoms with Crippen LogP contribution in [0, 0.1) is 0 Å². The summed E-state index contributed by atoms with van der Waals surface area (Å²) in [6.07, 6.45) is 0.632. The fourth-order valence-corrected chi connectivity index (χ4v) is 2.55. The predicted molar refractivity (Wildman–Crippen MR) is 78.9 cm³/mol. The topological polar surface area (TPSA) is 70.7 Å². The summed E-state index contributed by atoms with van der Waals surface area (Å²) in [7, 11) is 0.455. The van der Waals surface area contributed by atoms with Crippen LogP contribution in [-0.2, 0) is 14.8 Å². The van der Waals surface area contributed by atoms with Crippen LogP contribution in [0.3, 0.4) is 0 Å². The molecule has 0 aliphatic heterocycles. The van der Waals surface area contributed by atoms with Gasteiger partial charge in [-0.15, -0.1) is 0 Å². The molecule has 2 N–H and O–H groups in total. The fraction of sp³-hybridized carbons (Fsp3) is 1.00. The zero-order valence-corrected chi connectivity index (χ0v) is 13.4. The number of hydrogen-bond donors (Lipinski definition) is 2. The van der Waals surface area contributed by atoms with E-state index in [0.717, 1.165) is 13.1 Å². The van der Waals surface area contributed by atoms with Crippen molar-refractivity contribution in [2.45, 2.75) is 26.3 Å². The van der Waals surface area contributed by atoms with Crippen molar-refractivity contribution >= 4 is 10.0 Å². The second-order valence-electron chi connectivity index (χ2n) is 4.97. The molecular weight excluding hydrogens is 266 g/mol. The molecule has 0 saturated heterocycles. The van der Waals surface area contributed by atoms with E-state index in [0.29, 0.717) is 32.2 Å². The van der Waals surface area contributed by atoms with Crippen molar-refractivity contribution in [3.63, 3.8) is 0 Å². The summed E-state index contributed by atoms with van der Waals surface area (Å²) in [5.41, 5.74) is 0. The number of sulfonamides is 1. The third kappa shape index (κ3) is 12.6. The number of likely N-dealkylation sites (N-methyl/N-ethyl adjacent to an activating group) is 1. The Balaban J connectivity index is 3.67. The Hall–Kier alpha value is -0.210. The van der Waals surface area contributed by atoms with Gasteiger partial charge in [-0.1, -0.05) is 13.8 Å². The highest BCUT2D eigenvalue weighted by Gasteiger charge is 2.09. The molecule has 0 aromatic rings. The van der Waals surface area contributed by atoms with Crippen molar-refractivity contribution in [2.75, 3.05) is 52.7 Å². The molecule has 19 heavy (non-hydrogen) atoms. The van der Waals surface area contributed by atoms with E-state index in [4.69, 9.17) is 4.74 Å². The molecule has 0 aromatic heterocycles. The quantitative estimate of drug-likeness (QED) is 0.491. The Morgan fingerprint density at radius 2 is 1.89 bits per heavy atom. The van der Waals surface area contributed by atoms with Crippen LogP contribution in [0.5, 0.6) is 0 Å². The van der Waals surface area contributed by atoms with Gasteiger partial charge in [0.25, 0.3) is 0 Å². The lowest BCUT2D eigenvalue weighted by atomic mass is 10.4. The first-order valence-electron chi connectivity index (χ1n) is 6.75. The largest absolute Gasteiger partial charge is 0.383 e. The zero-order valence-electron chi connectivity index (χ0n) is 12.6. The number of hydrogen-bond acceptors (Lipinski definition) is 5. The van der Waals surface area contributed by atoms with Gasteiger partial charge in [-0.2, -0.15) is 0 Å². The minimum absolute atomic E-state index is 0.175. The summed E-state index contributed by atoms with van der Waals surface area (Å²) in [5, 5.41) is 3.20. The Morgan fingerprint density at radius 3 is 2.47 bits per heavy atom. The Kier molecular flexibility index (Phi) is 10.4. The lowest BCUT2D eigenvalue weighted by Crippen LogP contribution is -2.36. The summed E-state index contributed by atoms with van der Waals surface area (Å²) in [6.45, 7) is 7.41. The monoisotopic (exact) mass is 295 g/mol. The smallest absolute Gasteiger partial charge is 0.211 e. The second-order valence-corrected chi connectivity index (χ2v) is 6.90. The molecule has 0 heterocycles. The molecular formula is C12H29N3O3S. The molecule has 0 spiro atoms. The average Bonchev–Trinajstić information content (AvgIpc) is 2.31. The van der Waals surface area contributed by atoms with Crippen LogP contribution in [0.15, 0.2) is 0 Å². The first-order chi connectivity index (χ1) is 8.87. The highest BCUT2D eigenvalue weighted by molar-refractivity contribution is 7.89. The van der Waals surface area contributed by atoms with Gasteiger partial charge in [-0.3, -0.25) is 0 Å². The molecule has 0 aliphatic carbocycles. The number of methoxy groups -OCH3 is 1. The fourth-order valence-electron chi connectivity index (χ4n) is 1.48. The van der Waals surface area contributed by atoms with Crippen LogP contribution in [0.4, 0.5) is 0 Å². The molecule has 0 aromatic carbocycles. The molecule has 0 atom stereocenters. The lowest BCUT2D eigenvalue weighted by Gasteiger charge is -2.16. The van der Waals surface area contributed by atoms with Crippen LogP contribution in [0.2, 0.25) is 0 Å². The van der Waals surface area contributed by atoms with Crippen molar-refractivity contribution in [3.05, 3.63) is 0 Å². The van der Waals surface area contributed by atoms with Crippen LogP contribution in [-0.4, -0.2) is 72.1 Å². The van der Waals surface area contributed by atoms with Gasteiger partial charge in [-0.25, -0.2) is 13.1 Å². The average molecular weight is 295 g/mol. The van der Waals surface area contributed by atoms with Gasteiger partial charge in [-0.05, 0) is 20.0 Å². The number of rotatable bonds is 12. The minimum atomic E-state index is -3.14. The molecule has 0 bridgehead atoms. The van der Waals surface area contributed by atoms with Crippen LogP contribution in [0.25, 0.3) is 0 Å². The van der Waals surface area contributed by atoms with E-state index in [9.17, 15) is 8.42 Å². The molecule has 0 unspecified atom stereocenters. The second kappa shape index (κ2) is 10.6. The number of nitrogens with zero attached hydrogens (tertiary/aromatic N) is 1. The first kappa shape index (κ1) is 18.8. The molecule has 116 valence electrons. The van der Waals surface area contributed by atoms with E-state index in [-0.39, 0.29) is 5.75 Å². The van der Waals surface area contributed by atoms with Crippen LogP contribution < -0.4 is 10.0 Å². The summed E-state index contributed by atoms with van der Waals surface area (Å²) in [4.78, 5) is 2.03. The highest BCUT2D eigenvalue weighted by Crippen LogP contribution is 1.90. The third-order valence-electron chi connectivity index (χ3n) is 2.64. The molecule has 0 rings (SSSR count). The Morgan fingerprint density at radius 1 is 1.21 bits per heavy atom. The lowest BCUT2D eigenvalue weighted by molar-refractivity contribution is 0.162. The van der Waals surface area contributed by atoms with Crippen LogP contribution >= 0.6 is 0 Å². The van der Waals surface area contributed by atoms with E-state index in [1.165, 1.54) is 0 Å².